The van der Waals surface area contributed by atoms with Crippen LogP contribution in [0, 0.1) is 6.92 Å². The van der Waals surface area contributed by atoms with Gasteiger partial charge in [0.15, 0.2) is 0 Å². The van der Waals surface area contributed by atoms with Crippen molar-refractivity contribution in [1.29, 1.82) is 0 Å². The van der Waals surface area contributed by atoms with Gasteiger partial charge in [-0.05, 0) is 31.0 Å². The maximum absolute atomic E-state index is 12.5. The summed E-state index contributed by atoms with van der Waals surface area (Å²) in [6, 6.07) is 5.19. The lowest BCUT2D eigenvalue weighted by Crippen LogP contribution is -2.30. The molecule has 0 aliphatic heterocycles. The molecule has 0 bridgehead atoms. The molecular formula is C21H24Cl2N4O2. The van der Waals surface area contributed by atoms with E-state index in [1.807, 2.05) is 13.8 Å². The zero-order chi connectivity index (χ0) is 21.3. The minimum absolute atomic E-state index is 0.0174. The Bertz CT molecular complexity index is 1080. The Morgan fingerprint density at radius 1 is 1.34 bits per heavy atom. The maximum atomic E-state index is 12.5. The van der Waals surface area contributed by atoms with Crippen LogP contribution in [-0.2, 0) is 17.9 Å². The van der Waals surface area contributed by atoms with E-state index in [0.29, 0.717) is 38.6 Å². The lowest BCUT2D eigenvalue weighted by molar-refractivity contribution is -0.130. The summed E-state index contributed by atoms with van der Waals surface area (Å²) in [6.07, 6.45) is 2.55. The molecule has 6 nitrogen and oxygen atoms in total. The van der Waals surface area contributed by atoms with Gasteiger partial charge in [0.05, 0.1) is 10.9 Å². The first kappa shape index (κ1) is 21.4. The van der Waals surface area contributed by atoms with Gasteiger partial charge in [-0.1, -0.05) is 36.2 Å². The fourth-order valence-electron chi connectivity index (χ4n) is 3.52. The lowest BCUT2D eigenvalue weighted by atomic mass is 9.95. The van der Waals surface area contributed by atoms with Crippen molar-refractivity contribution in [3.05, 3.63) is 45.7 Å². The summed E-state index contributed by atoms with van der Waals surface area (Å²) >= 11 is 12.5. The van der Waals surface area contributed by atoms with E-state index >= 15 is 0 Å². The monoisotopic (exact) mass is 434 g/mol. The summed E-state index contributed by atoms with van der Waals surface area (Å²) in [6.45, 7) is 4.77. The highest BCUT2D eigenvalue weighted by Crippen LogP contribution is 2.42. The predicted molar refractivity (Wildman–Crippen MR) is 117 cm³/mol. The van der Waals surface area contributed by atoms with Crippen LogP contribution in [-0.4, -0.2) is 39.1 Å². The second kappa shape index (κ2) is 8.61. The summed E-state index contributed by atoms with van der Waals surface area (Å²) in [5.41, 5.74) is 9.52. The number of aromatic nitrogens is 2. The Balaban J connectivity index is 2.22. The second-order valence-corrected chi connectivity index (χ2v) is 7.88. The first-order chi connectivity index (χ1) is 13.8. The molecule has 0 saturated heterocycles. The largest absolute Gasteiger partial charge is 0.494 e. The van der Waals surface area contributed by atoms with Crippen LogP contribution in [0.5, 0.6) is 5.88 Å². The Morgan fingerprint density at radius 2 is 2.07 bits per heavy atom. The topological polar surface area (TPSA) is 84.4 Å². The van der Waals surface area contributed by atoms with E-state index < -0.39 is 0 Å². The minimum Gasteiger partial charge on any atom is -0.494 e. The van der Waals surface area contributed by atoms with Crippen LogP contribution in [0.4, 0.5) is 0 Å². The molecule has 1 amide bonds. The van der Waals surface area contributed by atoms with Gasteiger partial charge in [-0.15, -0.1) is 0 Å². The van der Waals surface area contributed by atoms with Crippen LogP contribution >= 0.6 is 23.2 Å². The number of aromatic hydroxyl groups is 1. The number of carbonyl (C=O) groups is 1. The van der Waals surface area contributed by atoms with E-state index in [2.05, 4.69) is 4.98 Å². The molecule has 0 aliphatic carbocycles. The second-order valence-electron chi connectivity index (χ2n) is 7.04. The molecule has 0 spiro atoms. The molecule has 0 radical (unpaired) electrons. The SMILES string of the molecule is CCCN(C)C(=O)Cn1cc2nc(C)c(CN)c(-c3ccc(Cl)cc3Cl)c2c1O. The summed E-state index contributed by atoms with van der Waals surface area (Å²) < 4.78 is 1.51. The normalized spacial score (nSPS) is 11.2. The van der Waals surface area contributed by atoms with Gasteiger partial charge in [-0.25, -0.2) is 0 Å². The quantitative estimate of drug-likeness (QED) is 0.603. The van der Waals surface area contributed by atoms with Gasteiger partial charge < -0.3 is 20.3 Å². The molecule has 2 aromatic heterocycles. The van der Waals surface area contributed by atoms with Gasteiger partial charge in [-0.2, -0.15) is 0 Å². The average Bonchev–Trinajstić information content (AvgIpc) is 2.96. The molecule has 0 fully saturated rings. The molecule has 29 heavy (non-hydrogen) atoms. The van der Waals surface area contributed by atoms with Crippen molar-refractivity contribution in [3.63, 3.8) is 0 Å². The van der Waals surface area contributed by atoms with Crippen molar-refractivity contribution in [3.8, 4) is 17.0 Å². The summed E-state index contributed by atoms with van der Waals surface area (Å²) in [5, 5.41) is 12.5. The molecule has 3 rings (SSSR count). The van der Waals surface area contributed by atoms with Crippen LogP contribution in [0.25, 0.3) is 22.0 Å². The number of nitrogens with zero attached hydrogens (tertiary/aromatic N) is 3. The van der Waals surface area contributed by atoms with Gasteiger partial charge in [-0.3, -0.25) is 9.78 Å². The Kier molecular flexibility index (Phi) is 6.36. The number of hydrogen-bond acceptors (Lipinski definition) is 4. The number of likely N-dealkylation sites (N-methyl/N-ethyl adjacent to an activating group) is 1. The first-order valence-corrected chi connectivity index (χ1v) is 10.1. The van der Waals surface area contributed by atoms with Crippen LogP contribution in [0.15, 0.2) is 24.4 Å². The molecule has 0 unspecified atom stereocenters. The van der Waals surface area contributed by atoms with Gasteiger partial charge in [0.2, 0.25) is 11.8 Å². The van der Waals surface area contributed by atoms with Gasteiger partial charge >= 0.3 is 0 Å². The third kappa shape index (κ3) is 4.06. The minimum atomic E-state index is -0.0932. The van der Waals surface area contributed by atoms with Crippen molar-refractivity contribution in [2.45, 2.75) is 33.4 Å². The highest BCUT2D eigenvalue weighted by atomic mass is 35.5. The van der Waals surface area contributed by atoms with Crippen LogP contribution in [0.3, 0.4) is 0 Å². The number of carbonyl (C=O) groups excluding carboxylic acids is 1. The molecular weight excluding hydrogens is 411 g/mol. The predicted octanol–water partition coefficient (Wildman–Crippen LogP) is 4.35. The average molecular weight is 435 g/mol. The van der Waals surface area contributed by atoms with Crippen molar-refractivity contribution in [1.82, 2.24) is 14.5 Å². The molecule has 0 aliphatic rings. The molecule has 8 heteroatoms. The summed E-state index contributed by atoms with van der Waals surface area (Å²) in [7, 11) is 1.75. The number of nitrogens with two attached hydrogens (primary N) is 1. The number of benzene rings is 1. The molecule has 3 aromatic rings. The molecule has 154 valence electrons. The Hall–Kier alpha value is -2.28. The third-order valence-electron chi connectivity index (χ3n) is 5.00. The van der Waals surface area contributed by atoms with Crippen molar-refractivity contribution < 1.29 is 9.90 Å². The molecule has 1 aromatic carbocycles. The number of halogens is 2. The summed E-state index contributed by atoms with van der Waals surface area (Å²) in [4.78, 5) is 18.7. The number of rotatable bonds is 6. The number of hydrogen-bond donors (Lipinski definition) is 2. The van der Waals surface area contributed by atoms with Gasteiger partial charge in [0, 0.05) is 53.2 Å². The molecule has 0 saturated carbocycles. The van der Waals surface area contributed by atoms with Crippen molar-refractivity contribution in [2.24, 2.45) is 5.73 Å². The van der Waals surface area contributed by atoms with Crippen LogP contribution < -0.4 is 5.73 Å². The van der Waals surface area contributed by atoms with E-state index in [1.165, 1.54) is 4.57 Å². The lowest BCUT2D eigenvalue weighted by Gasteiger charge is -2.17. The van der Waals surface area contributed by atoms with Crippen molar-refractivity contribution in [2.75, 3.05) is 13.6 Å². The van der Waals surface area contributed by atoms with E-state index in [9.17, 15) is 9.90 Å². The Labute approximate surface area is 179 Å². The van der Waals surface area contributed by atoms with E-state index in [0.717, 1.165) is 17.7 Å². The zero-order valence-corrected chi connectivity index (χ0v) is 18.2. The van der Waals surface area contributed by atoms with E-state index in [-0.39, 0.29) is 24.9 Å². The molecule has 2 heterocycles. The van der Waals surface area contributed by atoms with Gasteiger partial charge in [0.25, 0.3) is 0 Å². The molecule has 0 atom stereocenters. The Morgan fingerprint density at radius 3 is 2.69 bits per heavy atom. The first-order valence-electron chi connectivity index (χ1n) is 9.39. The standard InChI is InChI=1S/C21H24Cl2N4O2/c1-4-7-26(3)18(28)11-27-10-17-20(21(27)29)19(15(9-24)12(2)25-17)14-6-5-13(22)8-16(14)23/h5-6,8,10,29H,4,7,9,11,24H2,1-3H3. The number of amides is 1. The van der Waals surface area contributed by atoms with Crippen LogP contribution in [0.1, 0.15) is 24.6 Å². The van der Waals surface area contributed by atoms with E-state index in [1.54, 1.807) is 36.3 Å². The van der Waals surface area contributed by atoms with Crippen LogP contribution in [0.2, 0.25) is 10.0 Å². The number of pyridine rings is 1. The van der Waals surface area contributed by atoms with E-state index in [4.69, 9.17) is 28.9 Å². The fraction of sp³-hybridized carbons (Fsp3) is 0.333. The fourth-order valence-corrected chi connectivity index (χ4v) is 4.03. The third-order valence-corrected chi connectivity index (χ3v) is 5.55. The highest BCUT2D eigenvalue weighted by molar-refractivity contribution is 6.36. The van der Waals surface area contributed by atoms with Gasteiger partial charge in [0.1, 0.15) is 6.54 Å². The zero-order valence-electron chi connectivity index (χ0n) is 16.7. The number of fused-ring (bicyclic) bond motifs is 1. The highest BCUT2D eigenvalue weighted by Gasteiger charge is 2.23. The maximum Gasteiger partial charge on any atom is 0.242 e. The number of aryl methyl sites for hydroxylation is 1. The smallest absolute Gasteiger partial charge is 0.242 e. The molecule has 3 N–H and O–H groups in total. The van der Waals surface area contributed by atoms with Crippen molar-refractivity contribution >= 4 is 40.0 Å². The summed E-state index contributed by atoms with van der Waals surface area (Å²) in [5.74, 6) is -0.134.